The fraction of sp³-hybridized carbons (Fsp3) is 1.00. The minimum absolute atomic E-state index is 0.285. The van der Waals surface area contributed by atoms with Crippen LogP contribution in [0.1, 0.15) is 52.9 Å². The Morgan fingerprint density at radius 2 is 1.31 bits per heavy atom. The summed E-state index contributed by atoms with van der Waals surface area (Å²) in [5.74, 6) is 0. The standard InChI is InChI=1S/C4H8.C3H8.C2H6FO2P/c1-2-4-3-1;1-3-2;1-2-6(3,4)5/h1-4H2;3H2,1-2H3;2H2,1H3,(H,4,5). The van der Waals surface area contributed by atoms with Gasteiger partial charge in [0.1, 0.15) is 0 Å². The quantitative estimate of drug-likeness (QED) is 0.663. The molecule has 0 bridgehead atoms. The molecule has 0 radical (unpaired) electrons. The number of halogens is 1. The molecule has 1 aliphatic carbocycles. The predicted octanol–water partition coefficient (Wildman–Crippen LogP) is 4.14. The van der Waals surface area contributed by atoms with Gasteiger partial charge < -0.3 is 4.89 Å². The van der Waals surface area contributed by atoms with Gasteiger partial charge >= 0.3 is 7.68 Å². The summed E-state index contributed by atoms with van der Waals surface area (Å²) in [4.78, 5) is 7.72. The van der Waals surface area contributed by atoms with E-state index in [1.165, 1.54) is 39.0 Å². The van der Waals surface area contributed by atoms with Gasteiger partial charge in [0.2, 0.25) is 0 Å². The van der Waals surface area contributed by atoms with Crippen LogP contribution in [0.3, 0.4) is 0 Å². The fourth-order valence-electron chi connectivity index (χ4n) is 0.250. The maximum Gasteiger partial charge on any atom is 0.364 e. The first-order valence-electron chi connectivity index (χ1n) is 4.99. The first-order valence-corrected chi connectivity index (χ1v) is 6.72. The third-order valence-corrected chi connectivity index (χ3v) is 2.17. The molecule has 1 unspecified atom stereocenters. The van der Waals surface area contributed by atoms with Crippen LogP contribution in [0.15, 0.2) is 0 Å². The largest absolute Gasteiger partial charge is 0.364 e. The summed E-state index contributed by atoms with van der Waals surface area (Å²) in [6.07, 6.45) is 6.97. The summed E-state index contributed by atoms with van der Waals surface area (Å²) >= 11 is 0. The number of hydrogen-bond acceptors (Lipinski definition) is 1. The minimum Gasteiger partial charge on any atom is -0.321 e. The van der Waals surface area contributed by atoms with Crippen molar-refractivity contribution in [2.24, 2.45) is 0 Å². The molecule has 0 aromatic carbocycles. The second kappa shape index (κ2) is 10.2. The van der Waals surface area contributed by atoms with Crippen LogP contribution in [-0.4, -0.2) is 11.1 Å². The van der Waals surface area contributed by atoms with Crippen LogP contribution in [-0.2, 0) is 4.57 Å². The van der Waals surface area contributed by atoms with E-state index < -0.39 is 7.68 Å². The molecule has 1 fully saturated rings. The monoisotopic (exact) mass is 212 g/mol. The summed E-state index contributed by atoms with van der Waals surface area (Å²) in [5, 5.41) is 0. The van der Waals surface area contributed by atoms with Crippen molar-refractivity contribution in [2.45, 2.75) is 52.9 Å². The third-order valence-electron chi connectivity index (χ3n) is 1.39. The van der Waals surface area contributed by atoms with E-state index in [-0.39, 0.29) is 6.16 Å². The SMILES string of the molecule is C1CCC1.CCC.CCP(=O)(O)F. The Morgan fingerprint density at radius 1 is 1.15 bits per heavy atom. The van der Waals surface area contributed by atoms with Crippen LogP contribution in [0.4, 0.5) is 4.20 Å². The molecule has 0 saturated heterocycles. The highest BCUT2D eigenvalue weighted by Crippen LogP contribution is 2.40. The average Bonchev–Trinajstić information content (AvgIpc) is 1.84. The number of hydrogen-bond donors (Lipinski definition) is 1. The first-order chi connectivity index (χ1) is 5.97. The summed E-state index contributed by atoms with van der Waals surface area (Å²) in [7, 11) is -4.15. The maximum atomic E-state index is 11.2. The van der Waals surface area contributed by atoms with E-state index in [4.69, 9.17) is 4.89 Å². The summed E-state index contributed by atoms with van der Waals surface area (Å²) < 4.78 is 20.7. The van der Waals surface area contributed by atoms with Crippen LogP contribution in [0.25, 0.3) is 0 Å². The molecule has 1 aliphatic rings. The molecule has 1 rings (SSSR count). The van der Waals surface area contributed by atoms with Gasteiger partial charge in [0.05, 0.1) is 6.16 Å². The van der Waals surface area contributed by atoms with E-state index >= 15 is 0 Å². The van der Waals surface area contributed by atoms with E-state index in [0.717, 1.165) is 0 Å². The smallest absolute Gasteiger partial charge is 0.321 e. The van der Waals surface area contributed by atoms with Gasteiger partial charge in [-0.2, -0.15) is 4.20 Å². The molecule has 0 aliphatic heterocycles. The van der Waals surface area contributed by atoms with Gasteiger partial charge in [0, 0.05) is 0 Å². The minimum atomic E-state index is -4.15. The molecule has 1 saturated carbocycles. The van der Waals surface area contributed by atoms with Crippen molar-refractivity contribution < 1.29 is 13.7 Å². The second-order valence-corrected chi connectivity index (χ2v) is 4.92. The lowest BCUT2D eigenvalue weighted by atomic mass is 10.0. The molecule has 13 heavy (non-hydrogen) atoms. The van der Waals surface area contributed by atoms with Gasteiger partial charge in [-0.15, -0.1) is 0 Å². The Hall–Kier alpha value is 0.120. The highest BCUT2D eigenvalue weighted by molar-refractivity contribution is 7.52. The predicted molar refractivity (Wildman–Crippen MR) is 55.9 cm³/mol. The average molecular weight is 212 g/mol. The lowest BCUT2D eigenvalue weighted by molar-refractivity contribution is 0.431. The maximum absolute atomic E-state index is 11.2. The van der Waals surface area contributed by atoms with Crippen molar-refractivity contribution in [3.05, 3.63) is 0 Å². The third kappa shape index (κ3) is 24.5. The molecular formula is C9H22FO2P. The molecule has 0 spiro atoms. The van der Waals surface area contributed by atoms with Gasteiger partial charge in [0.25, 0.3) is 0 Å². The summed E-state index contributed by atoms with van der Waals surface area (Å²) in [6, 6.07) is 0. The van der Waals surface area contributed by atoms with Crippen molar-refractivity contribution in [3.63, 3.8) is 0 Å². The fourth-order valence-corrected chi connectivity index (χ4v) is 0.250. The van der Waals surface area contributed by atoms with E-state index in [1.54, 1.807) is 0 Å². The van der Waals surface area contributed by atoms with E-state index in [0.29, 0.717) is 0 Å². The van der Waals surface area contributed by atoms with Gasteiger partial charge in [0.15, 0.2) is 0 Å². The molecule has 1 N–H and O–H groups in total. The molecule has 1 atom stereocenters. The topological polar surface area (TPSA) is 37.3 Å². The van der Waals surface area contributed by atoms with Crippen LogP contribution in [0.2, 0.25) is 0 Å². The van der Waals surface area contributed by atoms with Crippen LogP contribution in [0, 0.1) is 0 Å². The van der Waals surface area contributed by atoms with Crippen LogP contribution in [0.5, 0.6) is 0 Å². The van der Waals surface area contributed by atoms with Crippen molar-refractivity contribution >= 4 is 7.68 Å². The molecule has 0 amide bonds. The Kier molecular flexibility index (Phi) is 12.2. The molecule has 4 heteroatoms. The normalized spacial score (nSPS) is 17.9. The molecule has 0 aromatic rings. The van der Waals surface area contributed by atoms with Gasteiger partial charge in [-0.05, 0) is 0 Å². The lowest BCUT2D eigenvalue weighted by Crippen LogP contribution is -1.85. The second-order valence-electron chi connectivity index (χ2n) is 3.05. The Morgan fingerprint density at radius 3 is 1.31 bits per heavy atom. The highest BCUT2D eigenvalue weighted by Gasteiger charge is 2.08. The van der Waals surface area contributed by atoms with Gasteiger partial charge in [-0.1, -0.05) is 52.9 Å². The Balaban J connectivity index is 0. The zero-order chi connectivity index (χ0) is 10.7. The van der Waals surface area contributed by atoms with Crippen molar-refractivity contribution in [3.8, 4) is 0 Å². The van der Waals surface area contributed by atoms with Crippen LogP contribution < -0.4 is 0 Å². The van der Waals surface area contributed by atoms with Crippen molar-refractivity contribution in [1.29, 1.82) is 0 Å². The van der Waals surface area contributed by atoms with Crippen molar-refractivity contribution in [2.75, 3.05) is 6.16 Å². The van der Waals surface area contributed by atoms with Crippen molar-refractivity contribution in [1.82, 2.24) is 0 Å². The van der Waals surface area contributed by atoms with E-state index in [2.05, 4.69) is 13.8 Å². The lowest BCUT2D eigenvalue weighted by Gasteiger charge is -2.05. The Labute approximate surface area is 81.1 Å². The molecular weight excluding hydrogens is 190 g/mol. The summed E-state index contributed by atoms with van der Waals surface area (Å²) in [5.41, 5.74) is 0. The molecule has 0 aromatic heterocycles. The first kappa shape index (κ1) is 15.6. The highest BCUT2D eigenvalue weighted by atomic mass is 31.2. The van der Waals surface area contributed by atoms with Crippen LogP contribution >= 0.6 is 7.68 Å². The zero-order valence-electron chi connectivity index (χ0n) is 8.92. The van der Waals surface area contributed by atoms with E-state index in [9.17, 15) is 8.76 Å². The summed E-state index contributed by atoms with van der Waals surface area (Å²) in [6.45, 7) is 5.57. The van der Waals surface area contributed by atoms with E-state index in [1.807, 2.05) is 0 Å². The molecule has 82 valence electrons. The number of rotatable bonds is 1. The van der Waals surface area contributed by atoms with Gasteiger partial charge in [-0.3, -0.25) is 4.57 Å². The molecule has 2 nitrogen and oxygen atoms in total. The molecule has 0 heterocycles. The Bertz CT molecular complexity index is 126. The zero-order valence-corrected chi connectivity index (χ0v) is 9.82. The van der Waals surface area contributed by atoms with Gasteiger partial charge in [-0.25, -0.2) is 0 Å².